The Morgan fingerprint density at radius 3 is 2.65 bits per heavy atom. The van der Waals surface area contributed by atoms with Gasteiger partial charge in [-0.15, -0.1) is 0 Å². The van der Waals surface area contributed by atoms with Gasteiger partial charge in [-0.25, -0.2) is 0 Å². The van der Waals surface area contributed by atoms with Crippen LogP contribution in [0.4, 0.5) is 0 Å². The maximum absolute atomic E-state index is 5.69. The lowest BCUT2D eigenvalue weighted by Crippen LogP contribution is -2.41. The molecule has 0 bridgehead atoms. The van der Waals surface area contributed by atoms with E-state index < -0.39 is 0 Å². The van der Waals surface area contributed by atoms with E-state index in [1.54, 1.807) is 0 Å². The number of likely N-dealkylation sites (N-methyl/N-ethyl adjacent to an activating group) is 1. The van der Waals surface area contributed by atoms with E-state index >= 15 is 0 Å². The van der Waals surface area contributed by atoms with Crippen LogP contribution in [0.15, 0.2) is 35.3 Å². The first-order valence-corrected chi connectivity index (χ1v) is 7.37. The molecule has 0 aromatic heterocycles. The molecular weight excluding hydrogens is 250 g/mol. The summed E-state index contributed by atoms with van der Waals surface area (Å²) in [5.74, 6) is 1.84. The van der Waals surface area contributed by atoms with Crippen LogP contribution >= 0.6 is 0 Å². The van der Waals surface area contributed by atoms with E-state index in [1.807, 2.05) is 44.4 Å². The van der Waals surface area contributed by atoms with Crippen molar-refractivity contribution in [1.29, 1.82) is 0 Å². The first kappa shape index (κ1) is 16.3. The highest BCUT2D eigenvalue weighted by atomic mass is 16.5. The van der Waals surface area contributed by atoms with E-state index in [-0.39, 0.29) is 0 Å². The summed E-state index contributed by atoms with van der Waals surface area (Å²) in [6.45, 7) is 4.64. The van der Waals surface area contributed by atoms with Crippen LogP contribution in [0.3, 0.4) is 0 Å². The molecule has 0 radical (unpaired) electrons. The molecule has 0 atom stereocenters. The molecule has 0 aliphatic rings. The van der Waals surface area contributed by atoms with Crippen molar-refractivity contribution in [3.63, 3.8) is 0 Å². The number of para-hydroxylation sites is 1. The standard InChI is InChI=1S/C16H27N3O/c1-4-5-9-12-18-16(17-2)19(3)13-14-20-15-10-7-6-8-11-15/h6-8,10-11H,4-5,9,12-14H2,1-3H3,(H,17,18). The lowest BCUT2D eigenvalue weighted by Gasteiger charge is -2.22. The summed E-state index contributed by atoms with van der Waals surface area (Å²) >= 11 is 0. The Labute approximate surface area is 122 Å². The molecule has 0 saturated heterocycles. The van der Waals surface area contributed by atoms with Crippen molar-refractivity contribution in [2.24, 2.45) is 4.99 Å². The first-order valence-electron chi connectivity index (χ1n) is 7.37. The zero-order valence-corrected chi connectivity index (χ0v) is 12.9. The molecule has 0 amide bonds. The highest BCUT2D eigenvalue weighted by Gasteiger charge is 2.04. The molecule has 1 aromatic carbocycles. The summed E-state index contributed by atoms with van der Waals surface area (Å²) in [7, 11) is 3.85. The van der Waals surface area contributed by atoms with Gasteiger partial charge in [-0.3, -0.25) is 4.99 Å². The quantitative estimate of drug-likeness (QED) is 0.451. The van der Waals surface area contributed by atoms with Gasteiger partial charge in [0.15, 0.2) is 5.96 Å². The van der Waals surface area contributed by atoms with Gasteiger partial charge >= 0.3 is 0 Å². The Morgan fingerprint density at radius 1 is 1.25 bits per heavy atom. The number of unbranched alkanes of at least 4 members (excludes halogenated alkanes) is 2. The average Bonchev–Trinajstić information content (AvgIpc) is 2.48. The predicted molar refractivity (Wildman–Crippen MR) is 85.5 cm³/mol. The third-order valence-electron chi connectivity index (χ3n) is 3.08. The van der Waals surface area contributed by atoms with Crippen LogP contribution in [0.5, 0.6) is 5.75 Å². The molecule has 1 aromatic rings. The summed E-state index contributed by atoms with van der Waals surface area (Å²) in [4.78, 5) is 6.38. The van der Waals surface area contributed by atoms with Crippen LogP contribution in [0.1, 0.15) is 26.2 Å². The predicted octanol–water partition coefficient (Wildman–Crippen LogP) is 2.76. The van der Waals surface area contributed by atoms with Gasteiger partial charge in [0, 0.05) is 20.6 Å². The van der Waals surface area contributed by atoms with Crippen molar-refractivity contribution in [2.45, 2.75) is 26.2 Å². The Kier molecular flexibility index (Phi) is 8.27. The van der Waals surface area contributed by atoms with Gasteiger partial charge in [0.25, 0.3) is 0 Å². The van der Waals surface area contributed by atoms with Crippen LogP contribution in [-0.2, 0) is 0 Å². The minimum atomic E-state index is 0.649. The van der Waals surface area contributed by atoms with Gasteiger partial charge in [-0.2, -0.15) is 0 Å². The molecule has 0 spiro atoms. The normalized spacial score (nSPS) is 11.2. The largest absolute Gasteiger partial charge is 0.492 e. The number of hydrogen-bond acceptors (Lipinski definition) is 2. The molecule has 20 heavy (non-hydrogen) atoms. The number of rotatable bonds is 8. The Hall–Kier alpha value is -1.71. The van der Waals surface area contributed by atoms with E-state index in [4.69, 9.17) is 4.74 Å². The highest BCUT2D eigenvalue weighted by molar-refractivity contribution is 5.79. The summed E-state index contributed by atoms with van der Waals surface area (Å²) in [5.41, 5.74) is 0. The van der Waals surface area contributed by atoms with E-state index in [0.29, 0.717) is 6.61 Å². The maximum Gasteiger partial charge on any atom is 0.193 e. The number of nitrogens with one attached hydrogen (secondary N) is 1. The molecule has 4 heteroatoms. The van der Waals surface area contributed by atoms with Crippen LogP contribution < -0.4 is 10.1 Å². The molecule has 0 aliphatic heterocycles. The number of guanidine groups is 1. The van der Waals surface area contributed by atoms with Crippen molar-refractivity contribution in [3.05, 3.63) is 30.3 Å². The minimum absolute atomic E-state index is 0.649. The van der Waals surface area contributed by atoms with Crippen molar-refractivity contribution in [2.75, 3.05) is 33.8 Å². The molecule has 1 N–H and O–H groups in total. The molecule has 4 nitrogen and oxygen atoms in total. The molecule has 0 unspecified atom stereocenters. The summed E-state index contributed by atoms with van der Waals surface area (Å²) in [6, 6.07) is 9.89. The lowest BCUT2D eigenvalue weighted by atomic mass is 10.2. The van der Waals surface area contributed by atoms with Gasteiger partial charge < -0.3 is 15.0 Å². The van der Waals surface area contributed by atoms with E-state index in [1.165, 1.54) is 19.3 Å². The Morgan fingerprint density at radius 2 is 2.00 bits per heavy atom. The smallest absolute Gasteiger partial charge is 0.193 e. The van der Waals surface area contributed by atoms with Gasteiger partial charge in [0.05, 0.1) is 6.54 Å². The second-order valence-corrected chi connectivity index (χ2v) is 4.76. The molecule has 0 fully saturated rings. The van der Waals surface area contributed by atoms with Crippen molar-refractivity contribution >= 4 is 5.96 Å². The van der Waals surface area contributed by atoms with Crippen LogP contribution in [0.2, 0.25) is 0 Å². The molecule has 0 aliphatic carbocycles. The summed E-state index contributed by atoms with van der Waals surface area (Å²) in [6.07, 6.45) is 3.68. The molecule has 0 saturated carbocycles. The van der Waals surface area contributed by atoms with Crippen LogP contribution in [0.25, 0.3) is 0 Å². The van der Waals surface area contributed by atoms with E-state index in [2.05, 4.69) is 22.1 Å². The van der Waals surface area contributed by atoms with Crippen molar-refractivity contribution < 1.29 is 4.74 Å². The fourth-order valence-corrected chi connectivity index (χ4v) is 1.88. The van der Waals surface area contributed by atoms with Gasteiger partial charge in [-0.05, 0) is 18.6 Å². The fourth-order valence-electron chi connectivity index (χ4n) is 1.88. The zero-order chi connectivity index (χ0) is 14.6. The molecule has 112 valence electrons. The van der Waals surface area contributed by atoms with Gasteiger partial charge in [0.1, 0.15) is 12.4 Å². The second kappa shape index (κ2) is 10.1. The molecule has 1 rings (SSSR count). The Balaban J connectivity index is 2.24. The third kappa shape index (κ3) is 6.45. The number of nitrogens with zero attached hydrogens (tertiary/aromatic N) is 2. The number of aliphatic imine (C=N–C) groups is 1. The Bertz CT molecular complexity index is 379. The van der Waals surface area contributed by atoms with Crippen molar-refractivity contribution in [3.8, 4) is 5.75 Å². The van der Waals surface area contributed by atoms with Crippen LogP contribution in [0, 0.1) is 0 Å². The SMILES string of the molecule is CCCCCNC(=NC)N(C)CCOc1ccccc1. The fraction of sp³-hybridized carbons (Fsp3) is 0.562. The minimum Gasteiger partial charge on any atom is -0.492 e. The molecular formula is C16H27N3O. The highest BCUT2D eigenvalue weighted by Crippen LogP contribution is 2.07. The number of benzene rings is 1. The topological polar surface area (TPSA) is 36.9 Å². The number of hydrogen-bond donors (Lipinski definition) is 1. The summed E-state index contributed by atoms with van der Waals surface area (Å²) < 4.78 is 5.69. The third-order valence-corrected chi connectivity index (χ3v) is 3.08. The van der Waals surface area contributed by atoms with Crippen molar-refractivity contribution in [1.82, 2.24) is 10.2 Å². The van der Waals surface area contributed by atoms with E-state index in [9.17, 15) is 0 Å². The van der Waals surface area contributed by atoms with Crippen LogP contribution in [-0.4, -0.2) is 44.7 Å². The monoisotopic (exact) mass is 277 g/mol. The maximum atomic E-state index is 5.69. The van der Waals surface area contributed by atoms with Gasteiger partial charge in [-0.1, -0.05) is 38.0 Å². The number of ether oxygens (including phenoxy) is 1. The van der Waals surface area contributed by atoms with Gasteiger partial charge in [0.2, 0.25) is 0 Å². The molecule has 0 heterocycles. The lowest BCUT2D eigenvalue weighted by molar-refractivity contribution is 0.281. The van der Waals surface area contributed by atoms with E-state index in [0.717, 1.165) is 24.8 Å². The zero-order valence-electron chi connectivity index (χ0n) is 12.9. The first-order chi connectivity index (χ1) is 9.77. The second-order valence-electron chi connectivity index (χ2n) is 4.76. The summed E-state index contributed by atoms with van der Waals surface area (Å²) in [5, 5.41) is 3.37. The average molecular weight is 277 g/mol.